The topological polar surface area (TPSA) is 66.4 Å². The molecule has 2 atom stereocenters. The highest BCUT2D eigenvalue weighted by Gasteiger charge is 2.52. The van der Waals surface area contributed by atoms with Gasteiger partial charge in [0.15, 0.2) is 17.7 Å². The maximum Gasteiger partial charge on any atom is 0.188 e. The first-order valence-electron chi connectivity index (χ1n) is 8.33. The van der Waals surface area contributed by atoms with Crippen LogP contribution in [0.25, 0.3) is 0 Å². The smallest absolute Gasteiger partial charge is 0.188 e. The number of halogens is 1. The van der Waals surface area contributed by atoms with Gasteiger partial charge in [-0.15, -0.1) is 11.3 Å². The van der Waals surface area contributed by atoms with E-state index >= 15 is 0 Å². The average molecular weight is 387 g/mol. The monoisotopic (exact) mass is 386 g/mol. The quantitative estimate of drug-likeness (QED) is 0.301. The number of ether oxygens (including phenoxy) is 2. The molecule has 0 saturated heterocycles. The molecule has 1 fully saturated rings. The minimum atomic E-state index is -1.26. The van der Waals surface area contributed by atoms with Gasteiger partial charge in [0, 0.05) is 30.2 Å². The fourth-order valence-corrected chi connectivity index (χ4v) is 4.04. The van der Waals surface area contributed by atoms with E-state index in [-0.39, 0.29) is 11.9 Å². The Morgan fingerprint density at radius 1 is 1.48 bits per heavy atom. The summed E-state index contributed by atoms with van der Waals surface area (Å²) in [6.45, 7) is 9.82. The fraction of sp³-hybridized carbons (Fsp3) is 0.611. The van der Waals surface area contributed by atoms with E-state index in [4.69, 9.17) is 21.1 Å². The Morgan fingerprint density at radius 2 is 2.16 bits per heavy atom. The molecule has 5 nitrogen and oxygen atoms in total. The molecular weight excluding hydrogens is 360 g/mol. The Balaban J connectivity index is 2.52. The molecule has 25 heavy (non-hydrogen) atoms. The van der Waals surface area contributed by atoms with Crippen molar-refractivity contribution in [2.24, 2.45) is 5.92 Å². The van der Waals surface area contributed by atoms with Crippen LogP contribution in [0.15, 0.2) is 24.9 Å². The van der Waals surface area contributed by atoms with Crippen molar-refractivity contribution in [1.29, 1.82) is 0 Å². The third kappa shape index (κ3) is 4.68. The molecule has 0 amide bonds. The summed E-state index contributed by atoms with van der Waals surface area (Å²) >= 11 is 5.04. The van der Waals surface area contributed by atoms with Gasteiger partial charge in [-0.3, -0.25) is 0 Å². The van der Waals surface area contributed by atoms with Gasteiger partial charge in [-0.05, 0) is 52.0 Å². The van der Waals surface area contributed by atoms with Crippen molar-refractivity contribution >= 4 is 23.0 Å². The summed E-state index contributed by atoms with van der Waals surface area (Å²) < 4.78 is 26.7. The first-order chi connectivity index (χ1) is 11.8. The third-order valence-corrected chi connectivity index (χ3v) is 6.17. The van der Waals surface area contributed by atoms with Gasteiger partial charge in [0.25, 0.3) is 0 Å². The molecule has 1 aliphatic rings. The lowest BCUT2D eigenvalue weighted by atomic mass is 9.83. The summed E-state index contributed by atoms with van der Waals surface area (Å²) in [7, 11) is 1.55. The summed E-state index contributed by atoms with van der Waals surface area (Å²) in [5.74, 6) is 0.804. The van der Waals surface area contributed by atoms with Crippen LogP contribution in [0.1, 0.15) is 45.6 Å². The molecule has 0 radical (unpaired) electrons. The lowest BCUT2D eigenvalue weighted by molar-refractivity contribution is 0.0488. The minimum Gasteiger partial charge on any atom is -0.598 e. The highest BCUT2D eigenvalue weighted by Crippen LogP contribution is 2.52. The van der Waals surface area contributed by atoms with E-state index in [1.807, 2.05) is 32.9 Å². The second-order valence-corrected chi connectivity index (χ2v) is 9.58. The van der Waals surface area contributed by atoms with Crippen molar-refractivity contribution in [3.8, 4) is 5.75 Å². The van der Waals surface area contributed by atoms with E-state index in [0.29, 0.717) is 18.1 Å². The SMILES string of the molecule is C=CCC(N[S+]([O-])C(C)(C)C)(c1ccnc(Cl)c1OCOC)C1CC1. The van der Waals surface area contributed by atoms with Gasteiger partial charge in [0.2, 0.25) is 0 Å². The molecule has 1 heterocycles. The summed E-state index contributed by atoms with van der Waals surface area (Å²) in [6, 6.07) is 1.88. The molecule has 1 aliphatic carbocycles. The lowest BCUT2D eigenvalue weighted by Gasteiger charge is -2.38. The van der Waals surface area contributed by atoms with E-state index in [0.717, 1.165) is 18.4 Å². The highest BCUT2D eigenvalue weighted by molar-refractivity contribution is 7.90. The Kier molecular flexibility index (Phi) is 6.79. The Bertz CT molecular complexity index is 604. The van der Waals surface area contributed by atoms with Crippen molar-refractivity contribution in [1.82, 2.24) is 9.71 Å². The molecular formula is C18H27ClN2O3S. The van der Waals surface area contributed by atoms with Crippen LogP contribution >= 0.6 is 11.6 Å². The Morgan fingerprint density at radius 3 is 2.68 bits per heavy atom. The summed E-state index contributed by atoms with van der Waals surface area (Å²) in [5, 5.41) is 0.270. The summed E-state index contributed by atoms with van der Waals surface area (Å²) in [5.41, 5.74) is 0.291. The normalized spacial score (nSPS) is 18.5. The third-order valence-electron chi connectivity index (χ3n) is 4.23. The summed E-state index contributed by atoms with van der Waals surface area (Å²) in [6.07, 6.45) is 6.21. The molecule has 7 heteroatoms. The van der Waals surface area contributed by atoms with Gasteiger partial charge in [-0.2, -0.15) is 0 Å². The van der Waals surface area contributed by atoms with Crippen LogP contribution in [-0.4, -0.2) is 28.2 Å². The molecule has 140 valence electrons. The second-order valence-electron chi connectivity index (χ2n) is 7.25. The van der Waals surface area contributed by atoms with E-state index in [9.17, 15) is 4.55 Å². The van der Waals surface area contributed by atoms with Gasteiger partial charge in [-0.25, -0.2) is 4.98 Å². The predicted molar refractivity (Wildman–Crippen MR) is 102 cm³/mol. The molecule has 1 saturated carbocycles. The van der Waals surface area contributed by atoms with Crippen LogP contribution in [0.2, 0.25) is 5.15 Å². The number of hydrogen-bond donors (Lipinski definition) is 1. The lowest BCUT2D eigenvalue weighted by Crippen LogP contribution is -2.52. The Hall–Kier alpha value is -0.790. The molecule has 2 unspecified atom stereocenters. The minimum absolute atomic E-state index is 0.0651. The van der Waals surface area contributed by atoms with E-state index in [2.05, 4.69) is 16.3 Å². The van der Waals surface area contributed by atoms with E-state index in [1.165, 1.54) is 0 Å². The number of pyridine rings is 1. The molecule has 0 aromatic carbocycles. The molecule has 0 spiro atoms. The van der Waals surface area contributed by atoms with Crippen molar-refractivity contribution < 1.29 is 14.0 Å². The van der Waals surface area contributed by atoms with Crippen LogP contribution in [0.4, 0.5) is 0 Å². The molecule has 0 bridgehead atoms. The van der Waals surface area contributed by atoms with E-state index < -0.39 is 21.6 Å². The van der Waals surface area contributed by atoms with Crippen molar-refractivity contribution in [2.45, 2.75) is 50.3 Å². The van der Waals surface area contributed by atoms with Gasteiger partial charge in [-0.1, -0.05) is 17.7 Å². The van der Waals surface area contributed by atoms with Crippen LogP contribution in [0, 0.1) is 5.92 Å². The zero-order valence-electron chi connectivity index (χ0n) is 15.3. The van der Waals surface area contributed by atoms with Gasteiger partial charge >= 0.3 is 0 Å². The maximum absolute atomic E-state index is 12.9. The van der Waals surface area contributed by atoms with Gasteiger partial charge in [0.1, 0.15) is 4.75 Å². The Labute approximate surface area is 158 Å². The largest absolute Gasteiger partial charge is 0.598 e. The standard InChI is InChI=1S/C18H27ClN2O3S/c1-6-10-18(13-7-8-13,21-25(22)17(2,3)4)14-9-11-20-16(19)15(14)24-12-23-5/h6,9,11,13,21H,1,7-8,10,12H2,2-5H3. The fourth-order valence-electron chi connectivity index (χ4n) is 2.83. The second kappa shape index (κ2) is 8.27. The number of hydrogen-bond acceptors (Lipinski definition) is 5. The van der Waals surface area contributed by atoms with Crippen LogP contribution < -0.4 is 9.46 Å². The van der Waals surface area contributed by atoms with Crippen molar-refractivity contribution in [3.05, 3.63) is 35.6 Å². The number of rotatable bonds is 9. The van der Waals surface area contributed by atoms with Gasteiger partial charge in [0.05, 0.1) is 5.54 Å². The van der Waals surface area contributed by atoms with Crippen LogP contribution in [0.5, 0.6) is 5.75 Å². The van der Waals surface area contributed by atoms with Gasteiger partial charge < -0.3 is 14.0 Å². The number of aromatic nitrogens is 1. The van der Waals surface area contributed by atoms with Crippen molar-refractivity contribution in [3.63, 3.8) is 0 Å². The zero-order chi connectivity index (χ0) is 18.7. The van der Waals surface area contributed by atoms with Crippen molar-refractivity contribution in [2.75, 3.05) is 13.9 Å². The average Bonchev–Trinajstić information content (AvgIpc) is 3.37. The molecule has 1 aromatic heterocycles. The zero-order valence-corrected chi connectivity index (χ0v) is 16.9. The first-order valence-corrected chi connectivity index (χ1v) is 9.86. The molecule has 1 N–H and O–H groups in total. The predicted octanol–water partition coefficient (Wildman–Crippen LogP) is 3.95. The number of nitrogens with zero attached hydrogens (tertiary/aromatic N) is 1. The van der Waals surface area contributed by atoms with Crippen LogP contribution in [0.3, 0.4) is 0 Å². The molecule has 2 rings (SSSR count). The highest BCUT2D eigenvalue weighted by atomic mass is 35.5. The maximum atomic E-state index is 12.9. The van der Waals surface area contributed by atoms with E-state index in [1.54, 1.807) is 13.3 Å². The molecule has 1 aromatic rings. The first kappa shape index (κ1) is 20.5. The number of nitrogens with one attached hydrogen (secondary N) is 1. The molecule has 0 aliphatic heterocycles. The summed E-state index contributed by atoms with van der Waals surface area (Å²) in [4.78, 5) is 4.13. The number of methoxy groups -OCH3 is 1. The van der Waals surface area contributed by atoms with Crippen LogP contribution in [-0.2, 0) is 21.6 Å².